The summed E-state index contributed by atoms with van der Waals surface area (Å²) >= 11 is 0. The summed E-state index contributed by atoms with van der Waals surface area (Å²) in [4.78, 5) is 24.5. The predicted octanol–water partition coefficient (Wildman–Crippen LogP) is 5.70. The molecule has 0 bridgehead atoms. The number of unbranched alkanes of at least 4 members (excludes halogenated alkanes) is 10. The Morgan fingerprint density at radius 2 is 1.45 bits per heavy atom. The van der Waals surface area contributed by atoms with E-state index in [4.69, 9.17) is 4.74 Å². The smallest absolute Gasteiger partial charge is 0.253 e. The van der Waals surface area contributed by atoms with E-state index in [0.717, 1.165) is 12.8 Å². The minimum atomic E-state index is -0.201. The molecule has 0 aromatic heterocycles. The molecule has 0 radical (unpaired) electrons. The van der Waals surface area contributed by atoms with Crippen molar-refractivity contribution in [1.29, 1.82) is 0 Å². The standard InChI is InChI=1S/C24H40N2O3/c1-3-4-5-6-7-8-9-10-11-12-13-18-23(27)26-22-17-15-14-16-21(22)24(28)25-19-20-29-2/h14-17H,3-13,18-20H2,1-2H3,(H,25,28)(H,26,27). The molecule has 0 aliphatic rings. The highest BCUT2D eigenvalue weighted by Crippen LogP contribution is 2.16. The lowest BCUT2D eigenvalue weighted by atomic mass is 10.1. The Morgan fingerprint density at radius 1 is 0.862 bits per heavy atom. The highest BCUT2D eigenvalue weighted by molar-refractivity contribution is 6.03. The second-order valence-electron chi connectivity index (χ2n) is 7.63. The molecule has 0 aliphatic carbocycles. The molecule has 5 nitrogen and oxygen atoms in total. The summed E-state index contributed by atoms with van der Waals surface area (Å²) in [5.41, 5.74) is 1.05. The Bertz CT molecular complexity index is 575. The van der Waals surface area contributed by atoms with Crippen LogP contribution in [0.1, 0.15) is 94.3 Å². The van der Waals surface area contributed by atoms with Crippen molar-refractivity contribution in [2.24, 2.45) is 0 Å². The van der Waals surface area contributed by atoms with Gasteiger partial charge in [-0.15, -0.1) is 0 Å². The second-order valence-corrected chi connectivity index (χ2v) is 7.63. The fourth-order valence-electron chi connectivity index (χ4n) is 3.31. The van der Waals surface area contributed by atoms with Crippen molar-refractivity contribution >= 4 is 17.5 Å². The van der Waals surface area contributed by atoms with Crippen molar-refractivity contribution in [3.8, 4) is 0 Å². The van der Waals surface area contributed by atoms with Crippen molar-refractivity contribution < 1.29 is 14.3 Å². The fourth-order valence-corrected chi connectivity index (χ4v) is 3.31. The lowest BCUT2D eigenvalue weighted by molar-refractivity contribution is -0.116. The second kappa shape index (κ2) is 17.0. The zero-order valence-electron chi connectivity index (χ0n) is 18.4. The quantitative estimate of drug-likeness (QED) is 0.327. The van der Waals surface area contributed by atoms with Crippen LogP contribution in [0.2, 0.25) is 0 Å². The van der Waals surface area contributed by atoms with Gasteiger partial charge in [0.05, 0.1) is 17.9 Å². The molecule has 0 saturated carbocycles. The van der Waals surface area contributed by atoms with Gasteiger partial charge >= 0.3 is 0 Å². The van der Waals surface area contributed by atoms with Crippen LogP contribution in [0.5, 0.6) is 0 Å². The fraction of sp³-hybridized carbons (Fsp3) is 0.667. The Kier molecular flexibility index (Phi) is 14.8. The summed E-state index contributed by atoms with van der Waals surface area (Å²) in [7, 11) is 1.59. The van der Waals surface area contributed by atoms with E-state index >= 15 is 0 Å². The van der Waals surface area contributed by atoms with Gasteiger partial charge in [-0.3, -0.25) is 9.59 Å². The number of carbonyl (C=O) groups excluding carboxylic acids is 2. The number of methoxy groups -OCH3 is 1. The maximum Gasteiger partial charge on any atom is 0.253 e. The molecule has 2 amide bonds. The highest BCUT2D eigenvalue weighted by atomic mass is 16.5. The molecule has 1 rings (SSSR count). The zero-order valence-corrected chi connectivity index (χ0v) is 18.4. The first-order valence-electron chi connectivity index (χ1n) is 11.3. The Morgan fingerprint density at radius 3 is 2.07 bits per heavy atom. The number of rotatable bonds is 17. The summed E-state index contributed by atoms with van der Waals surface area (Å²) in [6.07, 6.45) is 14.4. The molecular formula is C24H40N2O3. The highest BCUT2D eigenvalue weighted by Gasteiger charge is 2.12. The first-order chi connectivity index (χ1) is 14.2. The Hall–Kier alpha value is -1.88. The minimum Gasteiger partial charge on any atom is -0.383 e. The number of amides is 2. The normalized spacial score (nSPS) is 10.7. The lowest BCUT2D eigenvalue weighted by Gasteiger charge is -2.11. The average Bonchev–Trinajstić information content (AvgIpc) is 2.72. The number of benzene rings is 1. The van der Waals surface area contributed by atoms with E-state index in [1.807, 2.05) is 6.07 Å². The Balaban J connectivity index is 2.18. The summed E-state index contributed by atoms with van der Waals surface area (Å²) in [5, 5.41) is 5.68. The number of anilines is 1. The van der Waals surface area contributed by atoms with E-state index in [1.54, 1.807) is 25.3 Å². The molecule has 0 spiro atoms. The van der Waals surface area contributed by atoms with Crippen LogP contribution in [0.25, 0.3) is 0 Å². The summed E-state index contributed by atoms with van der Waals surface area (Å²) in [6, 6.07) is 7.11. The zero-order chi connectivity index (χ0) is 21.2. The van der Waals surface area contributed by atoms with Gasteiger partial charge in [-0.25, -0.2) is 0 Å². The number of hydrogen-bond donors (Lipinski definition) is 2. The lowest BCUT2D eigenvalue weighted by Crippen LogP contribution is -2.28. The molecule has 0 fully saturated rings. The van der Waals surface area contributed by atoms with Gasteiger partial charge in [0.25, 0.3) is 5.91 Å². The van der Waals surface area contributed by atoms with Gasteiger partial charge in [0.15, 0.2) is 0 Å². The SMILES string of the molecule is CCCCCCCCCCCCCC(=O)Nc1ccccc1C(=O)NCCOC. The van der Waals surface area contributed by atoms with Gasteiger partial charge in [-0.05, 0) is 18.6 Å². The number of para-hydroxylation sites is 1. The molecule has 0 heterocycles. The van der Waals surface area contributed by atoms with Crippen LogP contribution in [-0.4, -0.2) is 32.1 Å². The first-order valence-corrected chi connectivity index (χ1v) is 11.3. The van der Waals surface area contributed by atoms with Crippen LogP contribution < -0.4 is 10.6 Å². The number of carbonyl (C=O) groups is 2. The largest absolute Gasteiger partial charge is 0.383 e. The van der Waals surface area contributed by atoms with Crippen LogP contribution in [0.4, 0.5) is 5.69 Å². The maximum absolute atomic E-state index is 12.3. The van der Waals surface area contributed by atoms with Crippen molar-refractivity contribution in [2.45, 2.75) is 84.0 Å². The number of hydrogen-bond acceptors (Lipinski definition) is 3. The van der Waals surface area contributed by atoms with Gasteiger partial charge in [0, 0.05) is 20.1 Å². The summed E-state index contributed by atoms with van der Waals surface area (Å²) in [5.74, 6) is -0.231. The third-order valence-electron chi connectivity index (χ3n) is 5.04. The van der Waals surface area contributed by atoms with Crippen LogP contribution in [0.15, 0.2) is 24.3 Å². The number of nitrogens with one attached hydrogen (secondary N) is 2. The van der Waals surface area contributed by atoms with Crippen molar-refractivity contribution in [3.05, 3.63) is 29.8 Å². The summed E-state index contributed by atoms with van der Waals surface area (Å²) < 4.78 is 4.94. The monoisotopic (exact) mass is 404 g/mol. The minimum absolute atomic E-state index is 0.0296. The van der Waals surface area contributed by atoms with E-state index in [0.29, 0.717) is 30.8 Å². The van der Waals surface area contributed by atoms with E-state index in [9.17, 15) is 9.59 Å². The molecule has 0 aliphatic heterocycles. The van der Waals surface area contributed by atoms with E-state index in [1.165, 1.54) is 57.8 Å². The molecule has 29 heavy (non-hydrogen) atoms. The molecule has 1 aromatic carbocycles. The topological polar surface area (TPSA) is 67.4 Å². The first kappa shape index (κ1) is 25.2. The van der Waals surface area contributed by atoms with Crippen molar-refractivity contribution in [2.75, 3.05) is 25.6 Å². The predicted molar refractivity (Wildman–Crippen MR) is 120 cm³/mol. The van der Waals surface area contributed by atoms with Crippen LogP contribution in [-0.2, 0) is 9.53 Å². The Labute approximate surface area is 177 Å². The molecule has 0 atom stereocenters. The number of ether oxygens (including phenoxy) is 1. The van der Waals surface area contributed by atoms with Gasteiger partial charge in [-0.1, -0.05) is 83.3 Å². The molecule has 1 aromatic rings. The van der Waals surface area contributed by atoms with Crippen LogP contribution >= 0.6 is 0 Å². The van der Waals surface area contributed by atoms with Gasteiger partial charge in [-0.2, -0.15) is 0 Å². The molecular weight excluding hydrogens is 364 g/mol. The molecule has 5 heteroatoms. The van der Waals surface area contributed by atoms with E-state index in [2.05, 4.69) is 17.6 Å². The van der Waals surface area contributed by atoms with Gasteiger partial charge < -0.3 is 15.4 Å². The molecule has 0 unspecified atom stereocenters. The third-order valence-corrected chi connectivity index (χ3v) is 5.04. The molecule has 164 valence electrons. The van der Waals surface area contributed by atoms with E-state index < -0.39 is 0 Å². The third kappa shape index (κ3) is 12.3. The van der Waals surface area contributed by atoms with Crippen molar-refractivity contribution in [1.82, 2.24) is 5.32 Å². The maximum atomic E-state index is 12.3. The average molecular weight is 405 g/mol. The van der Waals surface area contributed by atoms with Gasteiger partial charge in [0.1, 0.15) is 0 Å². The van der Waals surface area contributed by atoms with E-state index in [-0.39, 0.29) is 11.8 Å². The van der Waals surface area contributed by atoms with Crippen molar-refractivity contribution in [3.63, 3.8) is 0 Å². The summed E-state index contributed by atoms with van der Waals surface area (Å²) in [6.45, 7) is 3.15. The van der Waals surface area contributed by atoms with Crippen LogP contribution in [0.3, 0.4) is 0 Å². The van der Waals surface area contributed by atoms with Gasteiger partial charge in [0.2, 0.25) is 5.91 Å². The van der Waals surface area contributed by atoms with Crippen LogP contribution in [0, 0.1) is 0 Å². The molecule has 2 N–H and O–H groups in total. The molecule has 0 saturated heterocycles.